The van der Waals surface area contributed by atoms with Crippen LogP contribution in [-0.4, -0.2) is 11.1 Å². The number of benzene rings is 2. The van der Waals surface area contributed by atoms with Crippen LogP contribution in [0.25, 0.3) is 11.1 Å². The number of carboxylic acid groups (broad SMARTS) is 1. The molecule has 0 aromatic heterocycles. The summed E-state index contributed by atoms with van der Waals surface area (Å²) < 4.78 is 14.2. The summed E-state index contributed by atoms with van der Waals surface area (Å²) in [6.07, 6.45) is 0. The van der Waals surface area contributed by atoms with Gasteiger partial charge in [0.15, 0.2) is 0 Å². The van der Waals surface area contributed by atoms with Gasteiger partial charge in [-0.15, -0.1) is 0 Å². The summed E-state index contributed by atoms with van der Waals surface area (Å²) in [5.41, 5.74) is 1.27. The fourth-order valence-electron chi connectivity index (χ4n) is 1.52. The van der Waals surface area contributed by atoms with E-state index in [9.17, 15) is 9.18 Å². The zero-order chi connectivity index (χ0) is 12.4. The molecular weight excluding hydrogens is 287 g/mol. The predicted molar refractivity (Wildman–Crippen MR) is 66.5 cm³/mol. The maximum Gasteiger partial charge on any atom is 0.335 e. The summed E-state index contributed by atoms with van der Waals surface area (Å²) in [5.74, 6) is -1.69. The fraction of sp³-hybridized carbons (Fsp3) is 0. The van der Waals surface area contributed by atoms with Crippen LogP contribution in [0.4, 0.5) is 4.39 Å². The molecule has 2 nitrogen and oxygen atoms in total. The molecule has 0 spiro atoms. The van der Waals surface area contributed by atoms with E-state index in [-0.39, 0.29) is 5.56 Å². The van der Waals surface area contributed by atoms with E-state index in [1.807, 2.05) is 12.1 Å². The minimum atomic E-state index is -1.14. The van der Waals surface area contributed by atoms with E-state index in [0.29, 0.717) is 5.56 Å². The van der Waals surface area contributed by atoms with Gasteiger partial charge in [-0.2, -0.15) is 0 Å². The molecule has 1 N–H and O–H groups in total. The van der Waals surface area contributed by atoms with E-state index in [1.165, 1.54) is 12.1 Å². The number of hydrogen-bond acceptors (Lipinski definition) is 1. The number of carbonyl (C=O) groups is 1. The van der Waals surface area contributed by atoms with Crippen molar-refractivity contribution in [1.29, 1.82) is 0 Å². The van der Waals surface area contributed by atoms with E-state index in [4.69, 9.17) is 5.11 Å². The largest absolute Gasteiger partial charge is 0.478 e. The summed E-state index contributed by atoms with van der Waals surface area (Å²) in [6.45, 7) is 0. The van der Waals surface area contributed by atoms with Crippen LogP contribution in [0.15, 0.2) is 46.9 Å². The highest BCUT2D eigenvalue weighted by Gasteiger charge is 2.08. The summed E-state index contributed by atoms with van der Waals surface area (Å²) in [5, 5.41) is 8.85. The number of hydrogen-bond donors (Lipinski definition) is 1. The first kappa shape index (κ1) is 11.8. The Labute approximate surface area is 106 Å². The lowest BCUT2D eigenvalue weighted by Gasteiger charge is -2.04. The summed E-state index contributed by atoms with van der Waals surface area (Å²) in [7, 11) is 0. The molecule has 2 rings (SSSR count). The molecule has 86 valence electrons. The topological polar surface area (TPSA) is 37.3 Å². The van der Waals surface area contributed by atoms with Gasteiger partial charge in [0.1, 0.15) is 5.82 Å². The van der Waals surface area contributed by atoms with Gasteiger partial charge in [-0.3, -0.25) is 0 Å². The first-order chi connectivity index (χ1) is 8.06. The molecule has 2 aromatic rings. The Hall–Kier alpha value is -1.68. The van der Waals surface area contributed by atoms with Crippen molar-refractivity contribution in [1.82, 2.24) is 0 Å². The highest BCUT2D eigenvalue weighted by atomic mass is 79.9. The molecule has 0 saturated heterocycles. The smallest absolute Gasteiger partial charge is 0.335 e. The van der Waals surface area contributed by atoms with Crippen molar-refractivity contribution in [2.75, 3.05) is 0 Å². The van der Waals surface area contributed by atoms with Crippen molar-refractivity contribution in [2.24, 2.45) is 0 Å². The van der Waals surface area contributed by atoms with Gasteiger partial charge in [0.2, 0.25) is 0 Å². The second kappa shape index (κ2) is 4.67. The molecule has 0 unspecified atom stereocenters. The third-order valence-corrected chi connectivity index (χ3v) is 2.85. The van der Waals surface area contributed by atoms with E-state index < -0.39 is 11.8 Å². The van der Waals surface area contributed by atoms with Crippen LogP contribution >= 0.6 is 15.9 Å². The van der Waals surface area contributed by atoms with Gasteiger partial charge in [-0.1, -0.05) is 28.1 Å². The van der Waals surface area contributed by atoms with Crippen LogP contribution < -0.4 is 0 Å². The highest BCUT2D eigenvalue weighted by Crippen LogP contribution is 2.23. The van der Waals surface area contributed by atoms with Gasteiger partial charge in [-0.05, 0) is 41.5 Å². The molecule has 0 heterocycles. The molecule has 0 radical (unpaired) electrons. The van der Waals surface area contributed by atoms with Crippen molar-refractivity contribution in [2.45, 2.75) is 0 Å². The van der Waals surface area contributed by atoms with Crippen molar-refractivity contribution in [3.63, 3.8) is 0 Å². The maximum absolute atomic E-state index is 13.3. The molecule has 0 amide bonds. The SMILES string of the molecule is O=C(O)c1cc(F)cc(-c2ccc(Br)cc2)c1. The number of halogens is 2. The zero-order valence-corrected chi connectivity index (χ0v) is 10.2. The Bertz CT molecular complexity index is 564. The van der Waals surface area contributed by atoms with E-state index >= 15 is 0 Å². The lowest BCUT2D eigenvalue weighted by atomic mass is 10.0. The van der Waals surface area contributed by atoms with Crippen LogP contribution in [-0.2, 0) is 0 Å². The molecule has 0 aliphatic carbocycles. The third-order valence-electron chi connectivity index (χ3n) is 2.32. The molecule has 0 aliphatic heterocycles. The van der Waals surface area contributed by atoms with Gasteiger partial charge < -0.3 is 5.11 Å². The summed E-state index contributed by atoms with van der Waals surface area (Å²) >= 11 is 3.30. The van der Waals surface area contributed by atoms with Gasteiger partial charge in [-0.25, -0.2) is 9.18 Å². The molecule has 0 atom stereocenters. The zero-order valence-electron chi connectivity index (χ0n) is 8.65. The maximum atomic E-state index is 13.3. The quantitative estimate of drug-likeness (QED) is 0.910. The normalized spacial score (nSPS) is 10.2. The van der Waals surface area contributed by atoms with Gasteiger partial charge in [0, 0.05) is 4.47 Å². The monoisotopic (exact) mass is 294 g/mol. The number of aromatic carboxylic acids is 1. The average Bonchev–Trinajstić information content (AvgIpc) is 2.29. The number of carboxylic acids is 1. The fourth-order valence-corrected chi connectivity index (χ4v) is 1.79. The molecule has 0 saturated carbocycles. The Kier molecular flexibility index (Phi) is 3.24. The van der Waals surface area contributed by atoms with E-state index in [1.54, 1.807) is 12.1 Å². The second-order valence-electron chi connectivity index (χ2n) is 3.54. The van der Waals surface area contributed by atoms with Crippen LogP contribution in [0.2, 0.25) is 0 Å². The van der Waals surface area contributed by atoms with Crippen LogP contribution in [0.5, 0.6) is 0 Å². The summed E-state index contributed by atoms with van der Waals surface area (Å²) in [4.78, 5) is 10.8. The Morgan fingerprint density at radius 3 is 2.29 bits per heavy atom. The lowest BCUT2D eigenvalue weighted by Crippen LogP contribution is -1.97. The van der Waals surface area contributed by atoms with Crippen molar-refractivity contribution in [3.8, 4) is 11.1 Å². The molecule has 0 bridgehead atoms. The predicted octanol–water partition coefficient (Wildman–Crippen LogP) is 3.95. The van der Waals surface area contributed by atoms with Gasteiger partial charge in [0.25, 0.3) is 0 Å². The summed E-state index contributed by atoms with van der Waals surface area (Å²) in [6, 6.07) is 11.0. The van der Waals surface area contributed by atoms with Crippen molar-refractivity contribution >= 4 is 21.9 Å². The minimum absolute atomic E-state index is 0.0529. The van der Waals surface area contributed by atoms with Crippen LogP contribution in [0.3, 0.4) is 0 Å². The molecular formula is C13H8BrFO2. The average molecular weight is 295 g/mol. The Balaban J connectivity index is 2.51. The molecule has 2 aromatic carbocycles. The standard InChI is InChI=1S/C13H8BrFO2/c14-11-3-1-8(2-4-11)9-5-10(13(16)17)7-12(15)6-9/h1-7H,(H,16,17). The Morgan fingerprint density at radius 2 is 1.71 bits per heavy atom. The first-order valence-corrected chi connectivity index (χ1v) is 5.65. The van der Waals surface area contributed by atoms with Crippen LogP contribution in [0.1, 0.15) is 10.4 Å². The number of rotatable bonds is 2. The lowest BCUT2D eigenvalue weighted by molar-refractivity contribution is 0.0696. The third kappa shape index (κ3) is 2.71. The first-order valence-electron chi connectivity index (χ1n) is 4.86. The highest BCUT2D eigenvalue weighted by molar-refractivity contribution is 9.10. The molecule has 0 aliphatic rings. The van der Waals surface area contributed by atoms with Gasteiger partial charge >= 0.3 is 5.97 Å². The minimum Gasteiger partial charge on any atom is -0.478 e. The van der Waals surface area contributed by atoms with Crippen molar-refractivity contribution < 1.29 is 14.3 Å². The molecule has 4 heteroatoms. The van der Waals surface area contributed by atoms with E-state index in [0.717, 1.165) is 16.1 Å². The molecule has 0 fully saturated rings. The van der Waals surface area contributed by atoms with E-state index in [2.05, 4.69) is 15.9 Å². The van der Waals surface area contributed by atoms with Crippen molar-refractivity contribution in [3.05, 3.63) is 58.3 Å². The second-order valence-corrected chi connectivity index (χ2v) is 4.46. The molecule has 17 heavy (non-hydrogen) atoms. The Morgan fingerprint density at radius 1 is 1.06 bits per heavy atom. The van der Waals surface area contributed by atoms with Crippen LogP contribution in [0, 0.1) is 5.82 Å². The van der Waals surface area contributed by atoms with Gasteiger partial charge in [0.05, 0.1) is 5.56 Å².